The predicted octanol–water partition coefficient (Wildman–Crippen LogP) is 4.94. The third-order valence-electron chi connectivity index (χ3n) is 7.31. The lowest BCUT2D eigenvalue weighted by atomic mass is 9.95. The van der Waals surface area contributed by atoms with E-state index in [1.54, 1.807) is 0 Å². The van der Waals surface area contributed by atoms with Crippen molar-refractivity contribution in [1.29, 1.82) is 5.41 Å². The van der Waals surface area contributed by atoms with Gasteiger partial charge in [-0.3, -0.25) is 9.59 Å². The molecule has 2 aromatic carbocycles. The summed E-state index contributed by atoms with van der Waals surface area (Å²) < 4.78 is 60.1. The van der Waals surface area contributed by atoms with Gasteiger partial charge in [-0.05, 0) is 37.1 Å². The van der Waals surface area contributed by atoms with E-state index in [2.05, 4.69) is 21.3 Å². The molecule has 5 N–H and O–H groups in total. The summed E-state index contributed by atoms with van der Waals surface area (Å²) in [7, 11) is 0. The molecule has 8 nitrogen and oxygen atoms in total. The number of amides is 2. The minimum absolute atomic E-state index is 0.0656. The van der Waals surface area contributed by atoms with E-state index < -0.39 is 34.9 Å². The van der Waals surface area contributed by atoms with Crippen LogP contribution < -0.4 is 21.3 Å². The third kappa shape index (κ3) is 7.63. The van der Waals surface area contributed by atoms with Crippen molar-refractivity contribution in [2.24, 2.45) is 0 Å². The maximum Gasteiger partial charge on any atom is 0.418 e. The van der Waals surface area contributed by atoms with Crippen LogP contribution in [0.4, 0.5) is 28.9 Å². The molecule has 12 heteroatoms. The van der Waals surface area contributed by atoms with Crippen LogP contribution in [-0.4, -0.2) is 42.8 Å². The van der Waals surface area contributed by atoms with Gasteiger partial charge in [0.2, 0.25) is 5.91 Å². The number of benzene rings is 2. The van der Waals surface area contributed by atoms with E-state index in [-0.39, 0.29) is 54.7 Å². The van der Waals surface area contributed by atoms with Crippen LogP contribution in [0, 0.1) is 11.2 Å². The minimum atomic E-state index is -4.58. The third-order valence-corrected chi connectivity index (χ3v) is 7.31. The van der Waals surface area contributed by atoms with Crippen LogP contribution >= 0.6 is 0 Å². The molecule has 0 radical (unpaired) electrons. The van der Waals surface area contributed by atoms with Crippen molar-refractivity contribution in [3.63, 3.8) is 0 Å². The van der Waals surface area contributed by atoms with E-state index in [1.807, 2.05) is 0 Å². The Hall–Kier alpha value is -3.93. The molecule has 41 heavy (non-hydrogen) atoms. The Morgan fingerprint density at radius 3 is 2.51 bits per heavy atom. The lowest BCUT2D eigenvalue weighted by molar-refractivity contribution is -0.137. The van der Waals surface area contributed by atoms with Gasteiger partial charge in [0, 0.05) is 49.3 Å². The fourth-order valence-electron chi connectivity index (χ4n) is 4.95. The Balaban J connectivity index is 1.39. The number of para-hydroxylation sites is 1. The molecular formula is C29H33F4N5O3. The van der Waals surface area contributed by atoms with E-state index in [9.17, 15) is 27.2 Å². The highest BCUT2D eigenvalue weighted by molar-refractivity contribution is 6.12. The second-order valence-corrected chi connectivity index (χ2v) is 10.2. The zero-order chi connectivity index (χ0) is 29.5. The van der Waals surface area contributed by atoms with Crippen LogP contribution in [0.15, 0.2) is 54.2 Å². The molecule has 1 saturated carbocycles. The average Bonchev–Trinajstić information content (AvgIpc) is 3.43. The highest BCUT2D eigenvalue weighted by atomic mass is 19.4. The van der Waals surface area contributed by atoms with E-state index in [0.29, 0.717) is 0 Å². The topological polar surface area (TPSA) is 115 Å². The number of halogens is 4. The molecule has 1 atom stereocenters. The minimum Gasteiger partial charge on any atom is -0.387 e. The Morgan fingerprint density at radius 2 is 1.85 bits per heavy atom. The molecule has 1 aliphatic carbocycles. The highest BCUT2D eigenvalue weighted by Crippen LogP contribution is 2.36. The van der Waals surface area contributed by atoms with Crippen molar-refractivity contribution >= 4 is 29.4 Å². The van der Waals surface area contributed by atoms with Crippen LogP contribution in [0.25, 0.3) is 0 Å². The molecule has 1 saturated heterocycles. The molecule has 0 aromatic heterocycles. The molecule has 1 heterocycles. The van der Waals surface area contributed by atoms with E-state index in [4.69, 9.17) is 10.1 Å². The molecule has 4 rings (SSSR count). The first-order chi connectivity index (χ1) is 19.6. The van der Waals surface area contributed by atoms with Crippen molar-refractivity contribution in [3.05, 3.63) is 71.2 Å². The van der Waals surface area contributed by atoms with Gasteiger partial charge in [-0.25, -0.2) is 4.39 Å². The molecule has 0 bridgehead atoms. The molecule has 220 valence electrons. The van der Waals surface area contributed by atoms with Crippen molar-refractivity contribution < 1.29 is 31.9 Å². The van der Waals surface area contributed by atoms with Gasteiger partial charge in [0.25, 0.3) is 5.91 Å². The fourth-order valence-corrected chi connectivity index (χ4v) is 4.95. The summed E-state index contributed by atoms with van der Waals surface area (Å²) in [6.45, 7) is -0.0835. The number of carbonyl (C=O) groups is 2. The smallest absolute Gasteiger partial charge is 0.387 e. The summed E-state index contributed by atoms with van der Waals surface area (Å²) in [5.41, 5.74) is -2.22. The van der Waals surface area contributed by atoms with Crippen molar-refractivity contribution in [1.82, 2.24) is 16.0 Å². The lowest BCUT2D eigenvalue weighted by Crippen LogP contribution is -2.59. The predicted molar refractivity (Wildman–Crippen MR) is 146 cm³/mol. The first-order valence-electron chi connectivity index (χ1n) is 13.5. The molecule has 2 amide bonds. The standard InChI is InChI=1S/C29H33F4N5O3/c30-24-14-22(37-25-9-5-4-8-23(25)29(31,32)33)11-10-19(24)16-36-27(40)28(12-13-41-18-28)38-26(39)20(15-34)17-35-21-6-2-1-3-7-21/h4-5,8-11,14-15,17,21,34-35,37H,1-3,6-7,12-13,16,18H2,(H,36,40)(H,38,39)/b20-17+,34-15?/t28-/m0/s1. The van der Waals surface area contributed by atoms with Crippen LogP contribution in [-0.2, 0) is 27.0 Å². The Kier molecular flexibility index (Phi) is 9.64. The largest absolute Gasteiger partial charge is 0.418 e. The van der Waals surface area contributed by atoms with Gasteiger partial charge in [0.05, 0.1) is 23.4 Å². The Labute approximate surface area is 235 Å². The number of alkyl halides is 3. The lowest BCUT2D eigenvalue weighted by Gasteiger charge is -2.28. The number of nitrogens with one attached hydrogen (secondary N) is 5. The van der Waals surface area contributed by atoms with Crippen LogP contribution in [0.5, 0.6) is 0 Å². The van der Waals surface area contributed by atoms with Crippen LogP contribution in [0.2, 0.25) is 0 Å². The molecule has 0 spiro atoms. The van der Waals surface area contributed by atoms with Crippen molar-refractivity contribution in [3.8, 4) is 0 Å². The van der Waals surface area contributed by atoms with Gasteiger partial charge in [-0.2, -0.15) is 13.2 Å². The van der Waals surface area contributed by atoms with E-state index in [0.717, 1.165) is 44.0 Å². The van der Waals surface area contributed by atoms with Gasteiger partial charge < -0.3 is 31.4 Å². The number of hydrogen-bond donors (Lipinski definition) is 5. The number of ether oxygens (including phenoxy) is 1. The summed E-state index contributed by atoms with van der Waals surface area (Å²) in [6.07, 6.45) is 3.38. The molecular weight excluding hydrogens is 542 g/mol. The van der Waals surface area contributed by atoms with Crippen molar-refractivity contribution in [2.75, 3.05) is 18.5 Å². The number of hydrogen-bond acceptors (Lipinski definition) is 6. The normalized spacial score (nSPS) is 19.9. The van der Waals surface area contributed by atoms with Crippen LogP contribution in [0.3, 0.4) is 0 Å². The second-order valence-electron chi connectivity index (χ2n) is 10.2. The van der Waals surface area contributed by atoms with Gasteiger partial charge in [-0.1, -0.05) is 37.5 Å². The van der Waals surface area contributed by atoms with Crippen LogP contribution in [0.1, 0.15) is 49.7 Å². The first kappa shape index (κ1) is 30.0. The second kappa shape index (κ2) is 13.2. The summed E-state index contributed by atoms with van der Waals surface area (Å²) in [5.74, 6) is -1.92. The SMILES string of the molecule is N=C/C(=C\NC1CCCCC1)C(=O)N[C@@]1(C(=O)NCc2ccc(Nc3ccccc3C(F)(F)F)cc2F)CCOC1. The Bertz CT molecular complexity index is 1290. The summed E-state index contributed by atoms with van der Waals surface area (Å²) in [6, 6.07) is 8.93. The molecule has 1 aliphatic heterocycles. The van der Waals surface area contributed by atoms with Gasteiger partial charge in [0.15, 0.2) is 0 Å². The van der Waals surface area contributed by atoms with Gasteiger partial charge in [-0.15, -0.1) is 0 Å². The Morgan fingerprint density at radius 1 is 1.10 bits per heavy atom. The zero-order valence-corrected chi connectivity index (χ0v) is 22.4. The number of anilines is 2. The summed E-state index contributed by atoms with van der Waals surface area (Å²) in [4.78, 5) is 26.2. The fraction of sp³-hybridized carbons (Fsp3) is 0.414. The number of rotatable bonds is 10. The first-order valence-corrected chi connectivity index (χ1v) is 13.5. The van der Waals surface area contributed by atoms with E-state index >= 15 is 0 Å². The van der Waals surface area contributed by atoms with Gasteiger partial charge in [0.1, 0.15) is 11.4 Å². The highest BCUT2D eigenvalue weighted by Gasteiger charge is 2.44. The summed E-state index contributed by atoms with van der Waals surface area (Å²) in [5, 5.41) is 18.8. The monoisotopic (exact) mass is 575 g/mol. The molecule has 2 aromatic rings. The molecule has 0 unspecified atom stereocenters. The number of carbonyl (C=O) groups excluding carboxylic acids is 2. The maximum absolute atomic E-state index is 14.9. The molecule has 2 aliphatic rings. The summed E-state index contributed by atoms with van der Waals surface area (Å²) >= 11 is 0. The average molecular weight is 576 g/mol. The van der Waals surface area contributed by atoms with Gasteiger partial charge >= 0.3 is 6.18 Å². The molecule has 2 fully saturated rings. The van der Waals surface area contributed by atoms with Crippen molar-refractivity contribution in [2.45, 2.75) is 62.8 Å². The van der Waals surface area contributed by atoms with E-state index in [1.165, 1.54) is 43.0 Å². The maximum atomic E-state index is 14.9. The quantitative estimate of drug-likeness (QED) is 0.157. The zero-order valence-electron chi connectivity index (χ0n) is 22.4.